The molecule has 5 heteroatoms. The summed E-state index contributed by atoms with van der Waals surface area (Å²) in [4.78, 5) is 13.4. The van der Waals surface area contributed by atoms with E-state index < -0.39 is 0 Å². The van der Waals surface area contributed by atoms with Crippen molar-refractivity contribution in [2.45, 2.75) is 6.54 Å². The lowest BCUT2D eigenvalue weighted by molar-refractivity contribution is -0.886. The number of carbonyl (C=O) groups is 1. The van der Waals surface area contributed by atoms with E-state index in [0.29, 0.717) is 13.1 Å². The van der Waals surface area contributed by atoms with Crippen LogP contribution in [0.25, 0.3) is 21.9 Å². The molecule has 0 aliphatic heterocycles. The zero-order valence-electron chi connectivity index (χ0n) is 13.9. The molecule has 0 saturated heterocycles. The number of carbonyl (C=O) groups excluding carboxylic acids is 1. The average molecular weight is 335 g/mol. The topological polar surface area (TPSA) is 59.8 Å². The van der Waals surface area contributed by atoms with Gasteiger partial charge in [-0.05, 0) is 36.4 Å². The molecule has 2 aromatic carbocycles. The Balaban J connectivity index is 1.48. The zero-order valence-corrected chi connectivity index (χ0v) is 13.9. The van der Waals surface area contributed by atoms with E-state index in [2.05, 4.69) is 5.32 Å². The maximum atomic E-state index is 12.3. The van der Waals surface area contributed by atoms with Crippen LogP contribution in [0.5, 0.6) is 0 Å². The third-order valence-corrected chi connectivity index (χ3v) is 4.18. The summed E-state index contributed by atoms with van der Waals surface area (Å²) >= 11 is 0. The van der Waals surface area contributed by atoms with Gasteiger partial charge in [0.15, 0.2) is 12.3 Å². The first kappa shape index (κ1) is 15.5. The number of hydrogen-bond donors (Lipinski definition) is 2. The van der Waals surface area contributed by atoms with Crippen LogP contribution >= 0.6 is 0 Å². The zero-order chi connectivity index (χ0) is 17.2. The Morgan fingerprint density at radius 3 is 2.72 bits per heavy atom. The SMILES string of the molecule is C[NH+](CC(=O)Nc1ccc2oc3ccccc3c2c1)Cc1ccco1. The largest absolute Gasteiger partial charge is 0.463 e. The molecule has 0 aliphatic carbocycles. The molecule has 2 N–H and O–H groups in total. The predicted molar refractivity (Wildman–Crippen MR) is 96.5 cm³/mol. The Morgan fingerprint density at radius 2 is 1.88 bits per heavy atom. The maximum absolute atomic E-state index is 12.3. The number of fused-ring (bicyclic) bond motifs is 3. The lowest BCUT2D eigenvalue weighted by Gasteiger charge is -2.12. The van der Waals surface area contributed by atoms with Crippen LogP contribution in [-0.2, 0) is 11.3 Å². The molecule has 1 amide bonds. The summed E-state index contributed by atoms with van der Waals surface area (Å²) < 4.78 is 11.1. The summed E-state index contributed by atoms with van der Waals surface area (Å²) in [5, 5.41) is 5.02. The van der Waals surface area contributed by atoms with Crippen LogP contribution in [-0.4, -0.2) is 19.5 Å². The van der Waals surface area contributed by atoms with Crippen molar-refractivity contribution in [3.8, 4) is 0 Å². The van der Waals surface area contributed by atoms with Gasteiger partial charge in [-0.2, -0.15) is 0 Å². The van der Waals surface area contributed by atoms with Crippen LogP contribution < -0.4 is 10.2 Å². The number of likely N-dealkylation sites (N-methyl/N-ethyl adjacent to an activating group) is 1. The van der Waals surface area contributed by atoms with Crippen molar-refractivity contribution in [3.63, 3.8) is 0 Å². The van der Waals surface area contributed by atoms with Gasteiger partial charge >= 0.3 is 0 Å². The molecule has 0 saturated carbocycles. The van der Waals surface area contributed by atoms with Gasteiger partial charge in [0.05, 0.1) is 13.3 Å². The summed E-state index contributed by atoms with van der Waals surface area (Å²) in [6.07, 6.45) is 1.65. The van der Waals surface area contributed by atoms with Crippen LogP contribution in [0, 0.1) is 0 Å². The number of benzene rings is 2. The number of rotatable bonds is 5. The standard InChI is InChI=1S/C20H18N2O3/c1-22(12-15-5-4-10-24-15)13-20(23)21-14-8-9-19-17(11-14)16-6-2-3-7-18(16)25-19/h2-11H,12-13H2,1H3,(H,21,23)/p+1. The fourth-order valence-corrected chi connectivity index (χ4v) is 3.06. The molecule has 0 aliphatic rings. The Bertz CT molecular complexity index is 1020. The number of furan rings is 2. The Labute approximate surface area is 144 Å². The van der Waals surface area contributed by atoms with Crippen LogP contribution in [0.3, 0.4) is 0 Å². The summed E-state index contributed by atoms with van der Waals surface area (Å²) in [6.45, 7) is 1.04. The van der Waals surface area contributed by atoms with E-state index in [1.54, 1.807) is 6.26 Å². The van der Waals surface area contributed by atoms with Crippen molar-refractivity contribution in [2.24, 2.45) is 0 Å². The molecule has 4 aromatic rings. The van der Waals surface area contributed by atoms with Crippen molar-refractivity contribution in [1.29, 1.82) is 0 Å². The van der Waals surface area contributed by atoms with Crippen LogP contribution in [0.15, 0.2) is 69.7 Å². The molecule has 1 unspecified atom stereocenters. The summed E-state index contributed by atoms with van der Waals surface area (Å²) in [7, 11) is 1.97. The molecule has 1 atom stereocenters. The first-order chi connectivity index (χ1) is 12.2. The lowest BCUT2D eigenvalue weighted by atomic mass is 10.1. The lowest BCUT2D eigenvalue weighted by Crippen LogP contribution is -3.08. The smallest absolute Gasteiger partial charge is 0.279 e. The quantitative estimate of drug-likeness (QED) is 0.590. The van der Waals surface area contributed by atoms with Crippen LogP contribution in [0.4, 0.5) is 5.69 Å². The number of para-hydroxylation sites is 1. The van der Waals surface area contributed by atoms with E-state index in [0.717, 1.165) is 38.3 Å². The second-order valence-corrected chi connectivity index (χ2v) is 6.25. The molecular weight excluding hydrogens is 316 g/mol. The highest BCUT2D eigenvalue weighted by Gasteiger charge is 2.13. The monoisotopic (exact) mass is 335 g/mol. The minimum atomic E-state index is -0.0313. The van der Waals surface area contributed by atoms with Crippen LogP contribution in [0.1, 0.15) is 5.76 Å². The van der Waals surface area contributed by atoms with Gasteiger partial charge in [-0.15, -0.1) is 0 Å². The molecule has 0 spiro atoms. The summed E-state index contributed by atoms with van der Waals surface area (Å²) in [6, 6.07) is 17.4. The van der Waals surface area contributed by atoms with E-state index >= 15 is 0 Å². The molecule has 25 heavy (non-hydrogen) atoms. The van der Waals surface area contributed by atoms with Gasteiger partial charge < -0.3 is 19.1 Å². The molecule has 2 heterocycles. The van der Waals surface area contributed by atoms with E-state index in [-0.39, 0.29) is 5.91 Å². The van der Waals surface area contributed by atoms with Crippen molar-refractivity contribution < 1.29 is 18.5 Å². The second-order valence-electron chi connectivity index (χ2n) is 6.25. The molecule has 0 fully saturated rings. The Hall–Kier alpha value is -3.05. The third-order valence-electron chi connectivity index (χ3n) is 4.18. The van der Waals surface area contributed by atoms with E-state index in [1.807, 2.05) is 61.6 Å². The Morgan fingerprint density at radius 1 is 1.04 bits per heavy atom. The van der Waals surface area contributed by atoms with E-state index in [1.165, 1.54) is 0 Å². The number of nitrogens with one attached hydrogen (secondary N) is 2. The minimum absolute atomic E-state index is 0.0313. The van der Waals surface area contributed by atoms with E-state index in [9.17, 15) is 4.79 Å². The second kappa shape index (κ2) is 6.45. The van der Waals surface area contributed by atoms with Gasteiger partial charge in [0.2, 0.25) is 0 Å². The Kier molecular flexibility index (Phi) is 3.99. The highest BCUT2D eigenvalue weighted by Crippen LogP contribution is 2.30. The molecule has 5 nitrogen and oxygen atoms in total. The number of anilines is 1. The molecule has 0 radical (unpaired) electrons. The highest BCUT2D eigenvalue weighted by molar-refractivity contribution is 6.06. The van der Waals surface area contributed by atoms with Gasteiger partial charge in [-0.1, -0.05) is 18.2 Å². The van der Waals surface area contributed by atoms with Gasteiger partial charge in [0.1, 0.15) is 17.7 Å². The summed E-state index contributed by atoms with van der Waals surface area (Å²) in [5.74, 6) is 0.841. The first-order valence-corrected chi connectivity index (χ1v) is 8.24. The fourth-order valence-electron chi connectivity index (χ4n) is 3.06. The molecule has 4 rings (SSSR count). The van der Waals surface area contributed by atoms with Gasteiger partial charge in [-0.3, -0.25) is 4.79 Å². The molecular formula is C20H19N2O3+. The summed E-state index contributed by atoms with van der Waals surface area (Å²) in [5.41, 5.74) is 2.44. The minimum Gasteiger partial charge on any atom is -0.463 e. The maximum Gasteiger partial charge on any atom is 0.279 e. The van der Waals surface area contributed by atoms with Crippen LogP contribution in [0.2, 0.25) is 0 Å². The predicted octanol–water partition coefficient (Wildman–Crippen LogP) is 2.83. The fraction of sp³-hybridized carbons (Fsp3) is 0.150. The normalized spacial score (nSPS) is 12.5. The van der Waals surface area contributed by atoms with E-state index in [4.69, 9.17) is 8.83 Å². The van der Waals surface area contributed by atoms with Crippen molar-refractivity contribution in [1.82, 2.24) is 0 Å². The number of amides is 1. The van der Waals surface area contributed by atoms with Crippen molar-refractivity contribution >= 4 is 33.5 Å². The molecule has 2 aromatic heterocycles. The molecule has 0 bridgehead atoms. The number of hydrogen-bond acceptors (Lipinski definition) is 3. The van der Waals surface area contributed by atoms with Gasteiger partial charge in [0.25, 0.3) is 5.91 Å². The van der Waals surface area contributed by atoms with Gasteiger partial charge in [-0.25, -0.2) is 0 Å². The number of quaternary nitrogens is 1. The first-order valence-electron chi connectivity index (χ1n) is 8.24. The molecule has 126 valence electrons. The third kappa shape index (κ3) is 3.27. The van der Waals surface area contributed by atoms with Crippen molar-refractivity contribution in [3.05, 3.63) is 66.6 Å². The average Bonchev–Trinajstić information content (AvgIpc) is 3.21. The van der Waals surface area contributed by atoms with Gasteiger partial charge in [0, 0.05) is 16.5 Å². The van der Waals surface area contributed by atoms with Crippen molar-refractivity contribution in [2.75, 3.05) is 18.9 Å². The highest BCUT2D eigenvalue weighted by atomic mass is 16.3.